The zero-order valence-electron chi connectivity index (χ0n) is 14.3. The van der Waals surface area contributed by atoms with E-state index >= 15 is 0 Å². The Hall–Kier alpha value is -1.89. The van der Waals surface area contributed by atoms with Gasteiger partial charge in [-0.3, -0.25) is 0 Å². The fourth-order valence-corrected chi connectivity index (χ4v) is 4.13. The highest BCUT2D eigenvalue weighted by molar-refractivity contribution is 9.10. The highest BCUT2D eigenvalue weighted by Gasteiger charge is 2.30. The van der Waals surface area contributed by atoms with Gasteiger partial charge >= 0.3 is 6.03 Å². The van der Waals surface area contributed by atoms with Gasteiger partial charge in [0, 0.05) is 42.1 Å². The summed E-state index contributed by atoms with van der Waals surface area (Å²) in [5, 5.41) is 11.8. The fraction of sp³-hybridized carbons (Fsp3) is 0.500. The van der Waals surface area contributed by atoms with Crippen LogP contribution in [0, 0.1) is 6.92 Å². The van der Waals surface area contributed by atoms with E-state index in [1.807, 2.05) is 30.0 Å². The van der Waals surface area contributed by atoms with Crippen molar-refractivity contribution in [2.24, 2.45) is 0 Å². The number of nitrogens with zero attached hydrogens (tertiary/aromatic N) is 4. The normalized spacial score (nSPS) is 19.8. The lowest BCUT2D eigenvalue weighted by atomic mass is 9.97. The number of hydrogen-bond donors (Lipinski definition) is 1. The minimum absolute atomic E-state index is 0.0351. The molecule has 2 aliphatic heterocycles. The molecule has 2 amide bonds. The van der Waals surface area contributed by atoms with Gasteiger partial charge in [0.25, 0.3) is 0 Å². The van der Waals surface area contributed by atoms with E-state index in [4.69, 9.17) is 0 Å². The molecule has 0 bridgehead atoms. The molecule has 1 aromatic heterocycles. The monoisotopic (exact) mass is 403 g/mol. The average molecular weight is 404 g/mol. The van der Waals surface area contributed by atoms with Crippen LogP contribution in [-0.2, 0) is 13.0 Å². The summed E-state index contributed by atoms with van der Waals surface area (Å²) in [5.74, 6) is 2.44. The van der Waals surface area contributed by atoms with Crippen LogP contribution in [0.15, 0.2) is 22.7 Å². The topological polar surface area (TPSA) is 63.1 Å². The third-order valence-electron chi connectivity index (χ3n) is 5.15. The molecule has 0 aliphatic carbocycles. The number of fused-ring (bicyclic) bond motifs is 1. The molecule has 132 valence electrons. The number of aryl methyl sites for hydroxylation is 2. The number of amides is 2. The maximum atomic E-state index is 12.7. The number of anilines is 1. The van der Waals surface area contributed by atoms with Crippen LogP contribution in [0.1, 0.15) is 42.4 Å². The maximum absolute atomic E-state index is 12.7. The standard InChI is InChI=1S/C18H22BrN5O/c1-12-6-7-14(19)10-15(12)20-18(25)23-8-2-4-13(11-23)17-22-21-16-5-3-9-24(16)17/h6-7,10,13H,2-5,8-9,11H2,1H3,(H,20,25)/t13-/m0/s1. The van der Waals surface area contributed by atoms with Crippen LogP contribution < -0.4 is 5.32 Å². The molecule has 4 rings (SSSR count). The summed E-state index contributed by atoms with van der Waals surface area (Å²) < 4.78 is 3.22. The average Bonchev–Trinajstić information content (AvgIpc) is 3.21. The van der Waals surface area contributed by atoms with Crippen molar-refractivity contribution in [3.8, 4) is 0 Å². The number of benzene rings is 1. The quantitative estimate of drug-likeness (QED) is 0.830. The van der Waals surface area contributed by atoms with Crippen LogP contribution in [0.2, 0.25) is 0 Å². The number of carbonyl (C=O) groups excluding carboxylic acids is 1. The predicted octanol–water partition coefficient (Wildman–Crippen LogP) is 3.71. The van der Waals surface area contributed by atoms with Crippen LogP contribution >= 0.6 is 15.9 Å². The number of rotatable bonds is 2. The van der Waals surface area contributed by atoms with E-state index in [-0.39, 0.29) is 11.9 Å². The largest absolute Gasteiger partial charge is 0.324 e. The van der Waals surface area contributed by atoms with Crippen LogP contribution in [-0.4, -0.2) is 38.8 Å². The number of hydrogen-bond acceptors (Lipinski definition) is 3. The van der Waals surface area contributed by atoms with Crippen molar-refractivity contribution in [2.75, 3.05) is 18.4 Å². The van der Waals surface area contributed by atoms with E-state index in [0.717, 1.165) is 66.1 Å². The summed E-state index contributed by atoms with van der Waals surface area (Å²) in [6.07, 6.45) is 4.23. The molecule has 1 saturated heterocycles. The molecule has 0 saturated carbocycles. The maximum Gasteiger partial charge on any atom is 0.321 e. The smallest absolute Gasteiger partial charge is 0.321 e. The molecule has 7 heteroatoms. The minimum atomic E-state index is -0.0351. The summed E-state index contributed by atoms with van der Waals surface area (Å²) >= 11 is 3.46. The molecule has 2 aromatic rings. The van der Waals surface area contributed by atoms with Gasteiger partial charge in [-0.1, -0.05) is 22.0 Å². The molecule has 0 unspecified atom stereocenters. The lowest BCUT2D eigenvalue weighted by Gasteiger charge is -2.32. The number of carbonyl (C=O) groups is 1. The van der Waals surface area contributed by atoms with Crippen molar-refractivity contribution in [3.05, 3.63) is 39.9 Å². The van der Waals surface area contributed by atoms with Gasteiger partial charge in [-0.05, 0) is 43.9 Å². The predicted molar refractivity (Wildman–Crippen MR) is 99.8 cm³/mol. The molecule has 1 aromatic carbocycles. The minimum Gasteiger partial charge on any atom is -0.324 e. The zero-order chi connectivity index (χ0) is 17.4. The first-order chi connectivity index (χ1) is 12.1. The van der Waals surface area contributed by atoms with Crippen LogP contribution in [0.4, 0.5) is 10.5 Å². The molecule has 6 nitrogen and oxygen atoms in total. The number of aromatic nitrogens is 3. The molecular formula is C18H22BrN5O. The van der Waals surface area contributed by atoms with Gasteiger partial charge in [-0.2, -0.15) is 0 Å². The number of likely N-dealkylation sites (tertiary alicyclic amines) is 1. The Morgan fingerprint density at radius 1 is 1.28 bits per heavy atom. The molecule has 1 fully saturated rings. The molecule has 0 spiro atoms. The third-order valence-corrected chi connectivity index (χ3v) is 5.65. The molecule has 2 aliphatic rings. The first-order valence-electron chi connectivity index (χ1n) is 8.86. The van der Waals surface area contributed by atoms with Crippen molar-refractivity contribution < 1.29 is 4.79 Å². The van der Waals surface area contributed by atoms with Gasteiger partial charge in [-0.15, -0.1) is 10.2 Å². The highest BCUT2D eigenvalue weighted by Crippen LogP contribution is 2.29. The van der Waals surface area contributed by atoms with Gasteiger partial charge < -0.3 is 14.8 Å². The van der Waals surface area contributed by atoms with Crippen LogP contribution in [0.25, 0.3) is 0 Å². The van der Waals surface area contributed by atoms with E-state index in [1.165, 1.54) is 0 Å². The number of halogens is 1. The van der Waals surface area contributed by atoms with Gasteiger partial charge in [-0.25, -0.2) is 4.79 Å². The van der Waals surface area contributed by atoms with Crippen molar-refractivity contribution in [1.82, 2.24) is 19.7 Å². The Kier molecular flexibility index (Phi) is 4.50. The van der Waals surface area contributed by atoms with Crippen molar-refractivity contribution >= 4 is 27.6 Å². The molecular weight excluding hydrogens is 382 g/mol. The SMILES string of the molecule is Cc1ccc(Br)cc1NC(=O)N1CCC[C@H](c2nnc3n2CCC3)C1. The lowest BCUT2D eigenvalue weighted by molar-refractivity contribution is 0.190. The van der Waals surface area contributed by atoms with Gasteiger partial charge in [0.15, 0.2) is 0 Å². The van der Waals surface area contributed by atoms with Gasteiger partial charge in [0.05, 0.1) is 0 Å². The van der Waals surface area contributed by atoms with Crippen molar-refractivity contribution in [1.29, 1.82) is 0 Å². The fourth-order valence-electron chi connectivity index (χ4n) is 3.77. The van der Waals surface area contributed by atoms with Crippen LogP contribution in [0.3, 0.4) is 0 Å². The zero-order valence-corrected chi connectivity index (χ0v) is 15.9. The molecule has 25 heavy (non-hydrogen) atoms. The van der Waals surface area contributed by atoms with E-state index in [1.54, 1.807) is 0 Å². The first kappa shape index (κ1) is 16.6. The summed E-state index contributed by atoms with van der Waals surface area (Å²) in [6, 6.07) is 5.89. The number of nitrogens with one attached hydrogen (secondary N) is 1. The summed E-state index contributed by atoms with van der Waals surface area (Å²) in [4.78, 5) is 14.6. The Morgan fingerprint density at radius 2 is 2.16 bits per heavy atom. The number of piperidine rings is 1. The second kappa shape index (κ2) is 6.78. The second-order valence-corrected chi connectivity index (χ2v) is 7.82. The second-order valence-electron chi connectivity index (χ2n) is 6.90. The van der Waals surface area contributed by atoms with E-state index in [9.17, 15) is 4.79 Å². The Bertz CT molecular complexity index is 803. The summed E-state index contributed by atoms with van der Waals surface area (Å²) in [5.41, 5.74) is 1.91. The third kappa shape index (κ3) is 3.29. The lowest BCUT2D eigenvalue weighted by Crippen LogP contribution is -2.42. The molecule has 0 radical (unpaired) electrons. The number of urea groups is 1. The Balaban J connectivity index is 1.47. The van der Waals surface area contributed by atoms with Gasteiger partial charge in [0.2, 0.25) is 0 Å². The van der Waals surface area contributed by atoms with Crippen molar-refractivity contribution in [2.45, 2.75) is 45.1 Å². The van der Waals surface area contributed by atoms with E-state index < -0.39 is 0 Å². The Labute approximate surface area is 155 Å². The summed E-state index contributed by atoms with van der Waals surface area (Å²) in [6.45, 7) is 4.51. The Morgan fingerprint density at radius 3 is 3.04 bits per heavy atom. The van der Waals surface area contributed by atoms with E-state index in [2.05, 4.69) is 36.0 Å². The van der Waals surface area contributed by atoms with Crippen LogP contribution in [0.5, 0.6) is 0 Å². The highest BCUT2D eigenvalue weighted by atomic mass is 79.9. The molecule has 3 heterocycles. The molecule has 1 N–H and O–H groups in total. The van der Waals surface area contributed by atoms with E-state index in [0.29, 0.717) is 6.54 Å². The first-order valence-corrected chi connectivity index (χ1v) is 9.65. The van der Waals surface area contributed by atoms with Gasteiger partial charge in [0.1, 0.15) is 11.6 Å². The molecule has 1 atom stereocenters. The summed E-state index contributed by atoms with van der Waals surface area (Å²) in [7, 11) is 0. The van der Waals surface area contributed by atoms with Crippen molar-refractivity contribution in [3.63, 3.8) is 0 Å².